The first-order valence-corrected chi connectivity index (χ1v) is 6.93. The highest BCUT2D eigenvalue weighted by atomic mass is 15.2. The van der Waals surface area contributed by atoms with E-state index in [1.165, 1.54) is 18.4 Å². The van der Waals surface area contributed by atoms with Gasteiger partial charge in [-0.05, 0) is 38.2 Å². The highest BCUT2D eigenvalue weighted by Crippen LogP contribution is 2.40. The van der Waals surface area contributed by atoms with E-state index in [9.17, 15) is 0 Å². The normalized spacial score (nSPS) is 26.0. The summed E-state index contributed by atoms with van der Waals surface area (Å²) >= 11 is 0. The average Bonchev–Trinajstić information content (AvgIpc) is 2.74. The number of nitrogens with zero attached hydrogens (tertiary/aromatic N) is 1. The summed E-state index contributed by atoms with van der Waals surface area (Å²) in [5.41, 5.74) is 1.49. The van der Waals surface area contributed by atoms with Gasteiger partial charge in [0.05, 0.1) is 0 Å². The Labute approximate surface area is 106 Å². The number of benzene rings is 1. The molecule has 0 bridgehead atoms. The van der Waals surface area contributed by atoms with Crippen LogP contribution in [0.3, 0.4) is 0 Å². The molecule has 2 rings (SSSR count). The van der Waals surface area contributed by atoms with Crippen LogP contribution in [0.4, 0.5) is 0 Å². The molecule has 0 amide bonds. The SMILES string of the molecule is CC(C)C1CC[C@H](c2ccccc2)N1C(C)C. The minimum Gasteiger partial charge on any atom is -0.291 e. The van der Waals surface area contributed by atoms with E-state index in [1.54, 1.807) is 0 Å². The summed E-state index contributed by atoms with van der Waals surface area (Å²) in [7, 11) is 0. The zero-order chi connectivity index (χ0) is 12.4. The number of hydrogen-bond donors (Lipinski definition) is 0. The summed E-state index contributed by atoms with van der Waals surface area (Å²) in [4.78, 5) is 2.72. The van der Waals surface area contributed by atoms with Crippen LogP contribution in [0, 0.1) is 5.92 Å². The molecular formula is C16H25N. The summed E-state index contributed by atoms with van der Waals surface area (Å²) in [6, 6.07) is 13.0. The molecule has 1 heteroatoms. The molecule has 1 aromatic rings. The number of rotatable bonds is 3. The van der Waals surface area contributed by atoms with Gasteiger partial charge >= 0.3 is 0 Å². The predicted molar refractivity (Wildman–Crippen MR) is 74.0 cm³/mol. The first kappa shape index (κ1) is 12.6. The Morgan fingerprint density at radius 2 is 1.65 bits per heavy atom. The highest BCUT2D eigenvalue weighted by Gasteiger charge is 2.36. The molecule has 1 nitrogen and oxygen atoms in total. The Bertz CT molecular complexity index is 342. The Morgan fingerprint density at radius 3 is 2.18 bits per heavy atom. The molecule has 0 aromatic heterocycles. The molecule has 1 saturated heterocycles. The minimum absolute atomic E-state index is 0.628. The largest absolute Gasteiger partial charge is 0.291 e. The Kier molecular flexibility index (Phi) is 3.88. The molecule has 1 aliphatic heterocycles. The summed E-state index contributed by atoms with van der Waals surface area (Å²) in [6.07, 6.45) is 2.65. The third kappa shape index (κ3) is 2.55. The van der Waals surface area contributed by atoms with E-state index in [2.05, 4.69) is 62.9 Å². The van der Waals surface area contributed by atoms with Crippen molar-refractivity contribution in [3.63, 3.8) is 0 Å². The summed E-state index contributed by atoms with van der Waals surface area (Å²) in [5, 5.41) is 0. The van der Waals surface area contributed by atoms with Gasteiger partial charge in [-0.25, -0.2) is 0 Å². The van der Waals surface area contributed by atoms with Gasteiger partial charge in [0.25, 0.3) is 0 Å². The first-order chi connectivity index (χ1) is 8.11. The second kappa shape index (κ2) is 5.22. The van der Waals surface area contributed by atoms with Crippen LogP contribution in [0.2, 0.25) is 0 Å². The maximum atomic E-state index is 2.72. The van der Waals surface area contributed by atoms with Gasteiger partial charge in [-0.2, -0.15) is 0 Å². The average molecular weight is 231 g/mol. The third-order valence-electron chi connectivity index (χ3n) is 4.03. The van der Waals surface area contributed by atoms with E-state index in [1.807, 2.05) is 0 Å². The topological polar surface area (TPSA) is 3.24 Å². The van der Waals surface area contributed by atoms with Gasteiger partial charge in [0, 0.05) is 18.1 Å². The van der Waals surface area contributed by atoms with Crippen molar-refractivity contribution in [2.75, 3.05) is 0 Å². The van der Waals surface area contributed by atoms with Gasteiger partial charge in [-0.3, -0.25) is 4.90 Å². The van der Waals surface area contributed by atoms with Crippen LogP contribution in [0.5, 0.6) is 0 Å². The van der Waals surface area contributed by atoms with Crippen molar-refractivity contribution in [3.05, 3.63) is 35.9 Å². The smallest absolute Gasteiger partial charge is 0.0354 e. The van der Waals surface area contributed by atoms with E-state index in [-0.39, 0.29) is 0 Å². The van der Waals surface area contributed by atoms with Crippen LogP contribution < -0.4 is 0 Å². The molecule has 1 aromatic carbocycles. The molecule has 1 fully saturated rings. The molecule has 0 N–H and O–H groups in total. The second-order valence-corrected chi connectivity index (χ2v) is 5.86. The van der Waals surface area contributed by atoms with E-state index in [0.717, 1.165) is 12.0 Å². The quantitative estimate of drug-likeness (QED) is 0.751. The molecule has 17 heavy (non-hydrogen) atoms. The van der Waals surface area contributed by atoms with Gasteiger partial charge in [0.1, 0.15) is 0 Å². The standard InChI is InChI=1S/C16H25N/c1-12(2)15-10-11-16(17(15)13(3)4)14-8-6-5-7-9-14/h5-9,12-13,15-16H,10-11H2,1-4H3/t15?,16-/m1/s1. The summed E-state index contributed by atoms with van der Waals surface area (Å²) in [5.74, 6) is 0.756. The van der Waals surface area contributed by atoms with Crippen molar-refractivity contribution in [3.8, 4) is 0 Å². The van der Waals surface area contributed by atoms with E-state index in [4.69, 9.17) is 0 Å². The molecule has 1 aliphatic rings. The van der Waals surface area contributed by atoms with Crippen molar-refractivity contribution in [2.45, 2.75) is 58.7 Å². The van der Waals surface area contributed by atoms with Gasteiger partial charge in [-0.1, -0.05) is 44.2 Å². The van der Waals surface area contributed by atoms with Crippen molar-refractivity contribution in [2.24, 2.45) is 5.92 Å². The zero-order valence-corrected chi connectivity index (χ0v) is 11.6. The van der Waals surface area contributed by atoms with Crippen molar-refractivity contribution in [1.82, 2.24) is 4.90 Å². The maximum absolute atomic E-state index is 2.72. The summed E-state index contributed by atoms with van der Waals surface area (Å²) in [6.45, 7) is 9.37. The van der Waals surface area contributed by atoms with Crippen molar-refractivity contribution >= 4 is 0 Å². The van der Waals surface area contributed by atoms with Crippen molar-refractivity contribution < 1.29 is 0 Å². The molecular weight excluding hydrogens is 206 g/mol. The van der Waals surface area contributed by atoms with Gasteiger partial charge in [0.15, 0.2) is 0 Å². The molecule has 2 atom stereocenters. The molecule has 0 spiro atoms. The molecule has 0 saturated carbocycles. The van der Waals surface area contributed by atoms with E-state index >= 15 is 0 Å². The fourth-order valence-electron chi connectivity index (χ4n) is 3.29. The van der Waals surface area contributed by atoms with Crippen LogP contribution >= 0.6 is 0 Å². The van der Waals surface area contributed by atoms with E-state index < -0.39 is 0 Å². The van der Waals surface area contributed by atoms with Gasteiger partial charge < -0.3 is 0 Å². The monoisotopic (exact) mass is 231 g/mol. The molecule has 1 heterocycles. The van der Waals surface area contributed by atoms with Crippen LogP contribution in [-0.2, 0) is 0 Å². The Balaban J connectivity index is 2.24. The lowest BCUT2D eigenvalue weighted by molar-refractivity contribution is 0.119. The first-order valence-electron chi connectivity index (χ1n) is 6.93. The second-order valence-electron chi connectivity index (χ2n) is 5.86. The minimum atomic E-state index is 0.628. The van der Waals surface area contributed by atoms with Gasteiger partial charge in [-0.15, -0.1) is 0 Å². The lowest BCUT2D eigenvalue weighted by atomic mass is 10.0. The molecule has 0 radical (unpaired) electrons. The fraction of sp³-hybridized carbons (Fsp3) is 0.625. The van der Waals surface area contributed by atoms with E-state index in [0.29, 0.717) is 12.1 Å². The lowest BCUT2D eigenvalue weighted by Gasteiger charge is -2.36. The number of hydrogen-bond acceptors (Lipinski definition) is 1. The zero-order valence-electron chi connectivity index (χ0n) is 11.6. The number of likely N-dealkylation sites (tertiary alicyclic amines) is 1. The van der Waals surface area contributed by atoms with Crippen LogP contribution in [0.15, 0.2) is 30.3 Å². The predicted octanol–water partition coefficient (Wildman–Crippen LogP) is 4.26. The lowest BCUT2D eigenvalue weighted by Crippen LogP contribution is -2.40. The van der Waals surface area contributed by atoms with Crippen molar-refractivity contribution in [1.29, 1.82) is 0 Å². The van der Waals surface area contributed by atoms with Crippen LogP contribution in [-0.4, -0.2) is 17.0 Å². The fourth-order valence-corrected chi connectivity index (χ4v) is 3.29. The van der Waals surface area contributed by atoms with Crippen LogP contribution in [0.1, 0.15) is 52.1 Å². The highest BCUT2D eigenvalue weighted by molar-refractivity contribution is 5.21. The molecule has 0 aliphatic carbocycles. The van der Waals surface area contributed by atoms with Crippen LogP contribution in [0.25, 0.3) is 0 Å². The maximum Gasteiger partial charge on any atom is 0.0354 e. The van der Waals surface area contributed by atoms with Gasteiger partial charge in [0.2, 0.25) is 0 Å². The Hall–Kier alpha value is -0.820. The molecule has 1 unspecified atom stereocenters. The third-order valence-corrected chi connectivity index (χ3v) is 4.03. The Morgan fingerprint density at radius 1 is 1.00 bits per heavy atom. The molecule has 94 valence electrons. The summed E-state index contributed by atoms with van der Waals surface area (Å²) < 4.78 is 0.